The number of thiophene rings is 1. The summed E-state index contributed by atoms with van der Waals surface area (Å²) in [6, 6.07) is 8.58. The van der Waals surface area contributed by atoms with Crippen LogP contribution in [0.4, 0.5) is 0 Å². The van der Waals surface area contributed by atoms with E-state index in [2.05, 4.69) is 46.0 Å². The number of nitrogens with zero attached hydrogens (tertiary/aromatic N) is 3. The summed E-state index contributed by atoms with van der Waals surface area (Å²) in [5.74, 6) is 0.241. The summed E-state index contributed by atoms with van der Waals surface area (Å²) in [5.41, 5.74) is 2.28. The third-order valence-corrected chi connectivity index (χ3v) is 5.40. The van der Waals surface area contributed by atoms with Crippen molar-refractivity contribution in [1.82, 2.24) is 14.8 Å². The molecule has 0 aliphatic carbocycles. The molecular weight excluding hydrogens is 318 g/mol. The van der Waals surface area contributed by atoms with Gasteiger partial charge in [0.1, 0.15) is 0 Å². The Kier molecular flexibility index (Phi) is 5.31. The van der Waals surface area contributed by atoms with Crippen LogP contribution < -0.4 is 0 Å². The Balaban J connectivity index is 1.74. The zero-order valence-electron chi connectivity index (χ0n) is 14.7. The summed E-state index contributed by atoms with van der Waals surface area (Å²) in [6.07, 6.45) is 4.51. The Hall–Kier alpha value is -1.72. The van der Waals surface area contributed by atoms with Crippen LogP contribution in [-0.2, 0) is 17.8 Å². The molecule has 3 heterocycles. The monoisotopic (exact) mass is 343 g/mol. The number of aromatic nitrogens is 1. The minimum Gasteiger partial charge on any atom is -0.335 e. The van der Waals surface area contributed by atoms with Gasteiger partial charge in [-0.15, -0.1) is 11.3 Å². The molecule has 1 amide bonds. The van der Waals surface area contributed by atoms with Crippen molar-refractivity contribution < 1.29 is 4.79 Å². The first-order valence-electron chi connectivity index (χ1n) is 8.47. The van der Waals surface area contributed by atoms with Gasteiger partial charge in [0.05, 0.1) is 18.2 Å². The summed E-state index contributed by atoms with van der Waals surface area (Å²) < 4.78 is 0. The fraction of sp³-hybridized carbons (Fsp3) is 0.474. The number of carbonyl (C=O) groups excluding carboxylic acids is 1. The van der Waals surface area contributed by atoms with Crippen LogP contribution in [0.25, 0.3) is 0 Å². The first kappa shape index (κ1) is 17.1. The minimum atomic E-state index is 0.197. The number of carbonyl (C=O) groups is 1. The van der Waals surface area contributed by atoms with Crippen LogP contribution in [0.15, 0.2) is 30.5 Å². The number of hydrogen-bond donors (Lipinski definition) is 0. The van der Waals surface area contributed by atoms with Crippen molar-refractivity contribution in [3.63, 3.8) is 0 Å². The van der Waals surface area contributed by atoms with E-state index in [4.69, 9.17) is 0 Å². The number of hydrogen-bond acceptors (Lipinski definition) is 4. The maximum atomic E-state index is 12.8. The van der Waals surface area contributed by atoms with E-state index in [0.717, 1.165) is 36.5 Å². The topological polar surface area (TPSA) is 36.4 Å². The Morgan fingerprint density at radius 3 is 2.92 bits per heavy atom. The summed E-state index contributed by atoms with van der Waals surface area (Å²) in [7, 11) is 4.09. The Bertz CT molecular complexity index is 710. The van der Waals surface area contributed by atoms with Gasteiger partial charge in [-0.1, -0.05) is 0 Å². The summed E-state index contributed by atoms with van der Waals surface area (Å²) in [4.78, 5) is 23.8. The van der Waals surface area contributed by atoms with Crippen LogP contribution in [0, 0.1) is 6.92 Å². The number of amides is 1. The van der Waals surface area contributed by atoms with Crippen molar-refractivity contribution in [2.75, 3.05) is 20.6 Å². The number of aryl methyl sites for hydroxylation is 1. The molecule has 0 radical (unpaired) electrons. The van der Waals surface area contributed by atoms with Crippen molar-refractivity contribution in [2.45, 2.75) is 38.8 Å². The van der Waals surface area contributed by atoms with Crippen molar-refractivity contribution in [2.24, 2.45) is 0 Å². The standard InChI is InChI=1S/C19H25N3OS/c1-14-6-7-17(24-14)12-19(23)22-10-4-5-18(22)15-8-9-20-16(11-15)13-21(2)3/h6-9,11,18H,4-5,10,12-13H2,1-3H3. The van der Waals surface area contributed by atoms with Gasteiger partial charge in [0.2, 0.25) is 5.91 Å². The average molecular weight is 343 g/mol. The quantitative estimate of drug-likeness (QED) is 0.835. The molecule has 5 heteroatoms. The van der Waals surface area contributed by atoms with Gasteiger partial charge >= 0.3 is 0 Å². The lowest BCUT2D eigenvalue weighted by Crippen LogP contribution is -2.31. The van der Waals surface area contributed by atoms with Gasteiger partial charge < -0.3 is 9.80 Å². The van der Waals surface area contributed by atoms with Crippen LogP contribution in [0.2, 0.25) is 0 Å². The van der Waals surface area contributed by atoms with Crippen molar-refractivity contribution in [3.05, 3.63) is 51.5 Å². The molecule has 1 aliphatic rings. The zero-order valence-corrected chi connectivity index (χ0v) is 15.5. The van der Waals surface area contributed by atoms with Crippen LogP contribution >= 0.6 is 11.3 Å². The lowest BCUT2D eigenvalue weighted by Gasteiger charge is -2.25. The maximum absolute atomic E-state index is 12.8. The summed E-state index contributed by atoms with van der Waals surface area (Å²) in [5, 5.41) is 0. The number of rotatable bonds is 5. The Morgan fingerprint density at radius 2 is 2.21 bits per heavy atom. The normalized spacial score (nSPS) is 17.7. The van der Waals surface area contributed by atoms with Gasteiger partial charge in [-0.2, -0.15) is 0 Å². The van der Waals surface area contributed by atoms with Gasteiger partial charge in [-0.05, 0) is 63.7 Å². The van der Waals surface area contributed by atoms with Gasteiger partial charge in [-0.3, -0.25) is 9.78 Å². The zero-order chi connectivity index (χ0) is 17.1. The molecule has 1 saturated heterocycles. The highest BCUT2D eigenvalue weighted by molar-refractivity contribution is 7.12. The van der Waals surface area contributed by atoms with Crippen LogP contribution in [0.3, 0.4) is 0 Å². The smallest absolute Gasteiger partial charge is 0.228 e. The van der Waals surface area contributed by atoms with Crippen LogP contribution in [-0.4, -0.2) is 41.3 Å². The molecule has 1 fully saturated rings. The molecule has 4 nitrogen and oxygen atoms in total. The molecule has 0 N–H and O–H groups in total. The molecule has 1 atom stereocenters. The molecule has 1 unspecified atom stereocenters. The van der Waals surface area contributed by atoms with E-state index < -0.39 is 0 Å². The van der Waals surface area contributed by atoms with E-state index in [9.17, 15) is 4.79 Å². The molecule has 0 saturated carbocycles. The minimum absolute atomic E-state index is 0.197. The lowest BCUT2D eigenvalue weighted by molar-refractivity contribution is -0.131. The third kappa shape index (κ3) is 4.02. The van der Waals surface area contributed by atoms with Crippen molar-refractivity contribution in [3.8, 4) is 0 Å². The largest absolute Gasteiger partial charge is 0.335 e. The molecule has 2 aromatic heterocycles. The first-order valence-corrected chi connectivity index (χ1v) is 9.29. The molecule has 3 rings (SSSR count). The molecule has 24 heavy (non-hydrogen) atoms. The highest BCUT2D eigenvalue weighted by Gasteiger charge is 2.30. The Labute approximate surface area is 148 Å². The first-order chi connectivity index (χ1) is 11.5. The van der Waals surface area contributed by atoms with E-state index in [-0.39, 0.29) is 11.9 Å². The van der Waals surface area contributed by atoms with E-state index in [0.29, 0.717) is 6.42 Å². The molecule has 0 spiro atoms. The third-order valence-electron chi connectivity index (χ3n) is 4.40. The molecule has 1 aliphatic heterocycles. The van der Waals surface area contributed by atoms with Crippen molar-refractivity contribution in [1.29, 1.82) is 0 Å². The number of likely N-dealkylation sites (tertiary alicyclic amines) is 1. The van der Waals surface area contributed by atoms with Crippen LogP contribution in [0.1, 0.15) is 39.9 Å². The molecule has 2 aromatic rings. The highest BCUT2D eigenvalue weighted by atomic mass is 32.1. The van der Waals surface area contributed by atoms with Crippen LogP contribution in [0.5, 0.6) is 0 Å². The molecular formula is C19H25N3OS. The second-order valence-corrected chi connectivity index (χ2v) is 8.13. The second kappa shape index (κ2) is 7.45. The molecule has 128 valence electrons. The van der Waals surface area contributed by atoms with Gasteiger partial charge in [0.15, 0.2) is 0 Å². The van der Waals surface area contributed by atoms with Gasteiger partial charge in [0, 0.05) is 29.0 Å². The SMILES string of the molecule is Cc1ccc(CC(=O)N2CCCC2c2ccnc(CN(C)C)c2)s1. The van der Waals surface area contributed by atoms with E-state index in [1.54, 1.807) is 11.3 Å². The lowest BCUT2D eigenvalue weighted by atomic mass is 10.0. The predicted molar refractivity (Wildman–Crippen MR) is 98.1 cm³/mol. The van der Waals surface area contributed by atoms with E-state index in [1.165, 1.54) is 10.4 Å². The predicted octanol–water partition coefficient (Wildman–Crippen LogP) is 3.42. The average Bonchev–Trinajstić information content (AvgIpc) is 3.16. The highest BCUT2D eigenvalue weighted by Crippen LogP contribution is 2.33. The molecule has 0 bridgehead atoms. The summed E-state index contributed by atoms with van der Waals surface area (Å²) >= 11 is 1.72. The fourth-order valence-electron chi connectivity index (χ4n) is 3.36. The second-order valence-electron chi connectivity index (χ2n) is 6.75. The Morgan fingerprint density at radius 1 is 1.38 bits per heavy atom. The summed E-state index contributed by atoms with van der Waals surface area (Å²) in [6.45, 7) is 3.77. The van der Waals surface area contributed by atoms with E-state index >= 15 is 0 Å². The maximum Gasteiger partial charge on any atom is 0.228 e. The fourth-order valence-corrected chi connectivity index (χ4v) is 4.24. The number of pyridine rings is 1. The van der Waals surface area contributed by atoms with Gasteiger partial charge in [0.25, 0.3) is 0 Å². The van der Waals surface area contributed by atoms with Crippen molar-refractivity contribution >= 4 is 17.2 Å². The van der Waals surface area contributed by atoms with E-state index in [1.807, 2.05) is 20.3 Å². The molecule has 0 aromatic carbocycles. The van der Waals surface area contributed by atoms with Gasteiger partial charge in [-0.25, -0.2) is 0 Å².